The van der Waals surface area contributed by atoms with Crippen molar-refractivity contribution < 1.29 is 9.18 Å². The van der Waals surface area contributed by atoms with Crippen LogP contribution in [0.4, 0.5) is 10.1 Å². The summed E-state index contributed by atoms with van der Waals surface area (Å²) in [5.41, 5.74) is 2.46. The molecule has 0 spiro atoms. The molecule has 2 aromatic heterocycles. The molecule has 2 aromatic carbocycles. The number of amides is 1. The predicted molar refractivity (Wildman–Crippen MR) is 108 cm³/mol. The molecule has 2 heterocycles. The summed E-state index contributed by atoms with van der Waals surface area (Å²) in [6.45, 7) is 2.00. The van der Waals surface area contributed by atoms with Crippen molar-refractivity contribution in [2.75, 3.05) is 5.32 Å². The molecule has 0 aliphatic carbocycles. The van der Waals surface area contributed by atoms with E-state index in [1.807, 2.05) is 31.2 Å². The maximum atomic E-state index is 13.0. The van der Waals surface area contributed by atoms with Gasteiger partial charge in [0.1, 0.15) is 10.8 Å². The molecule has 0 unspecified atom stereocenters. The number of carbonyl (C=O) groups excluding carboxylic acids is 1. The molecule has 8 nitrogen and oxygen atoms in total. The molecular formula is C18H14FN7OS2. The minimum absolute atomic E-state index is 0.225. The molecule has 4 rings (SSSR count). The number of anilines is 1. The molecule has 0 saturated heterocycles. The Balaban J connectivity index is 1.41. The lowest BCUT2D eigenvalue weighted by Crippen LogP contribution is -2.11. The van der Waals surface area contributed by atoms with E-state index in [1.165, 1.54) is 47.4 Å². The summed E-state index contributed by atoms with van der Waals surface area (Å²) >= 11 is 2.58. The Morgan fingerprint density at radius 1 is 1.17 bits per heavy atom. The van der Waals surface area contributed by atoms with Gasteiger partial charge in [-0.1, -0.05) is 35.2 Å². The number of hydrogen-bond donors (Lipinski definition) is 1. The van der Waals surface area contributed by atoms with Crippen molar-refractivity contribution in [3.63, 3.8) is 0 Å². The van der Waals surface area contributed by atoms with Gasteiger partial charge in [-0.2, -0.15) is 4.68 Å². The second-order valence-corrected chi connectivity index (χ2v) is 7.97. The average molecular weight is 427 g/mol. The van der Waals surface area contributed by atoms with Crippen molar-refractivity contribution in [2.24, 2.45) is 0 Å². The quantitative estimate of drug-likeness (QED) is 0.470. The number of nitrogens with one attached hydrogen (secondary N) is 1. The Morgan fingerprint density at radius 3 is 2.79 bits per heavy atom. The van der Waals surface area contributed by atoms with E-state index in [1.54, 1.807) is 4.68 Å². The van der Waals surface area contributed by atoms with E-state index < -0.39 is 5.91 Å². The Hall–Kier alpha value is -3.18. The summed E-state index contributed by atoms with van der Waals surface area (Å²) in [6.07, 6.45) is 0. The molecule has 0 bridgehead atoms. The number of thioether (sulfide) groups is 1. The number of halogens is 1. The van der Waals surface area contributed by atoms with Crippen LogP contribution in [0.5, 0.6) is 0 Å². The standard InChI is InChI=1S/C18H14FN7OS2/c1-11-3-2-4-14(9-11)26-18(23-24-25-26)28-10-15-21-22-17(29-15)16(27)20-13-7-5-12(19)6-8-13/h2-9H,10H2,1H3,(H,20,27). The van der Waals surface area contributed by atoms with Crippen molar-refractivity contribution in [1.82, 2.24) is 30.4 Å². The van der Waals surface area contributed by atoms with Crippen molar-refractivity contribution in [1.29, 1.82) is 0 Å². The predicted octanol–water partition coefficient (Wildman–Crippen LogP) is 3.51. The number of nitrogens with zero attached hydrogens (tertiary/aromatic N) is 6. The summed E-state index contributed by atoms with van der Waals surface area (Å²) in [5, 5.41) is 24.0. The maximum absolute atomic E-state index is 13.0. The van der Waals surface area contributed by atoms with Gasteiger partial charge < -0.3 is 5.32 Å². The van der Waals surface area contributed by atoms with Crippen LogP contribution in [0, 0.1) is 12.7 Å². The lowest BCUT2D eigenvalue weighted by Gasteiger charge is -2.04. The molecular weight excluding hydrogens is 413 g/mol. The number of aromatic nitrogens is 6. The van der Waals surface area contributed by atoms with Crippen LogP contribution >= 0.6 is 23.1 Å². The Bertz CT molecular complexity index is 1140. The van der Waals surface area contributed by atoms with Gasteiger partial charge in [-0.15, -0.1) is 15.3 Å². The molecule has 0 aliphatic rings. The van der Waals surface area contributed by atoms with E-state index in [0.717, 1.165) is 11.3 Å². The first-order chi connectivity index (χ1) is 14.1. The van der Waals surface area contributed by atoms with Gasteiger partial charge in [0.25, 0.3) is 5.91 Å². The van der Waals surface area contributed by atoms with Gasteiger partial charge in [-0.3, -0.25) is 4.79 Å². The molecule has 1 amide bonds. The van der Waals surface area contributed by atoms with Gasteiger partial charge in [0, 0.05) is 5.69 Å². The van der Waals surface area contributed by atoms with Gasteiger partial charge in [0.15, 0.2) is 0 Å². The van der Waals surface area contributed by atoms with Crippen LogP contribution in [0.3, 0.4) is 0 Å². The minimum atomic E-state index is -0.394. The molecule has 1 N–H and O–H groups in total. The lowest BCUT2D eigenvalue weighted by atomic mass is 10.2. The van der Waals surface area contributed by atoms with Crippen LogP contribution in [-0.2, 0) is 5.75 Å². The normalized spacial score (nSPS) is 10.8. The fraction of sp³-hybridized carbons (Fsp3) is 0.111. The first kappa shape index (κ1) is 19.2. The summed E-state index contributed by atoms with van der Waals surface area (Å²) in [5.74, 6) is -0.297. The molecule has 0 atom stereocenters. The molecule has 11 heteroatoms. The molecule has 0 saturated carbocycles. The highest BCUT2D eigenvalue weighted by atomic mass is 32.2. The van der Waals surface area contributed by atoms with E-state index in [0.29, 0.717) is 21.6 Å². The third-order valence-electron chi connectivity index (χ3n) is 3.78. The summed E-state index contributed by atoms with van der Waals surface area (Å²) in [4.78, 5) is 12.3. The number of aryl methyl sites for hydroxylation is 1. The SMILES string of the molecule is Cc1cccc(-n2nnnc2SCc2nnc(C(=O)Nc3ccc(F)cc3)s2)c1. The highest BCUT2D eigenvalue weighted by Crippen LogP contribution is 2.24. The van der Waals surface area contributed by atoms with Crippen molar-refractivity contribution >= 4 is 34.7 Å². The third kappa shape index (κ3) is 4.63. The van der Waals surface area contributed by atoms with Crippen LogP contribution in [0.25, 0.3) is 5.69 Å². The molecule has 0 radical (unpaired) electrons. The topological polar surface area (TPSA) is 98.5 Å². The van der Waals surface area contributed by atoms with Gasteiger partial charge >= 0.3 is 0 Å². The summed E-state index contributed by atoms with van der Waals surface area (Å²) in [6, 6.07) is 13.4. The zero-order valence-electron chi connectivity index (χ0n) is 15.1. The zero-order chi connectivity index (χ0) is 20.2. The van der Waals surface area contributed by atoms with Crippen molar-refractivity contribution in [3.8, 4) is 5.69 Å². The molecule has 4 aromatic rings. The highest BCUT2D eigenvalue weighted by molar-refractivity contribution is 7.98. The molecule has 29 heavy (non-hydrogen) atoms. The van der Waals surface area contributed by atoms with Crippen LogP contribution in [0.1, 0.15) is 20.4 Å². The summed E-state index contributed by atoms with van der Waals surface area (Å²) in [7, 11) is 0. The van der Waals surface area contributed by atoms with Crippen LogP contribution in [0.15, 0.2) is 53.7 Å². The first-order valence-electron chi connectivity index (χ1n) is 8.46. The van der Waals surface area contributed by atoms with E-state index in [-0.39, 0.29) is 10.8 Å². The van der Waals surface area contributed by atoms with E-state index in [2.05, 4.69) is 31.0 Å². The second kappa shape index (κ2) is 8.45. The fourth-order valence-electron chi connectivity index (χ4n) is 2.44. The minimum Gasteiger partial charge on any atom is -0.320 e. The highest BCUT2D eigenvalue weighted by Gasteiger charge is 2.15. The first-order valence-corrected chi connectivity index (χ1v) is 10.3. The Kier molecular flexibility index (Phi) is 5.58. The van der Waals surface area contributed by atoms with Gasteiger partial charge in [0.2, 0.25) is 10.2 Å². The van der Waals surface area contributed by atoms with Crippen LogP contribution in [-0.4, -0.2) is 36.3 Å². The van der Waals surface area contributed by atoms with Gasteiger partial charge in [-0.05, 0) is 59.3 Å². The number of hydrogen-bond acceptors (Lipinski definition) is 8. The van der Waals surface area contributed by atoms with E-state index in [9.17, 15) is 9.18 Å². The van der Waals surface area contributed by atoms with Crippen molar-refractivity contribution in [2.45, 2.75) is 17.8 Å². The average Bonchev–Trinajstić information content (AvgIpc) is 3.37. The third-order valence-corrected chi connectivity index (χ3v) is 5.81. The molecule has 0 aliphatic heterocycles. The van der Waals surface area contributed by atoms with Crippen molar-refractivity contribution in [3.05, 3.63) is 69.9 Å². The summed E-state index contributed by atoms with van der Waals surface area (Å²) < 4.78 is 14.6. The number of rotatable bonds is 6. The largest absolute Gasteiger partial charge is 0.320 e. The number of tetrazole rings is 1. The van der Waals surface area contributed by atoms with Crippen LogP contribution in [0.2, 0.25) is 0 Å². The van der Waals surface area contributed by atoms with Gasteiger partial charge in [-0.25, -0.2) is 4.39 Å². The molecule has 146 valence electrons. The van der Waals surface area contributed by atoms with E-state index in [4.69, 9.17) is 0 Å². The zero-order valence-corrected chi connectivity index (χ0v) is 16.7. The number of carbonyl (C=O) groups is 1. The lowest BCUT2D eigenvalue weighted by molar-refractivity contribution is 0.102. The number of benzene rings is 2. The Morgan fingerprint density at radius 2 is 2.00 bits per heavy atom. The smallest absolute Gasteiger partial charge is 0.286 e. The fourth-order valence-corrected chi connectivity index (χ4v) is 4.05. The maximum Gasteiger partial charge on any atom is 0.286 e. The molecule has 0 fully saturated rings. The van der Waals surface area contributed by atoms with Gasteiger partial charge in [0.05, 0.1) is 11.4 Å². The van der Waals surface area contributed by atoms with Crippen LogP contribution < -0.4 is 5.32 Å². The Labute approximate surface area is 173 Å². The monoisotopic (exact) mass is 427 g/mol. The second-order valence-electron chi connectivity index (χ2n) is 5.96. The van der Waals surface area contributed by atoms with E-state index >= 15 is 0 Å².